The van der Waals surface area contributed by atoms with Gasteiger partial charge >= 0.3 is 0 Å². The van der Waals surface area contributed by atoms with Gasteiger partial charge in [-0.15, -0.1) is 0 Å². The predicted octanol–water partition coefficient (Wildman–Crippen LogP) is 2.85. The van der Waals surface area contributed by atoms with Crippen molar-refractivity contribution in [1.82, 2.24) is 4.31 Å². The fourth-order valence-electron chi connectivity index (χ4n) is 1.91. The van der Waals surface area contributed by atoms with Gasteiger partial charge in [0.2, 0.25) is 10.0 Å². The van der Waals surface area contributed by atoms with Crippen molar-refractivity contribution in [2.45, 2.75) is 17.1 Å². The summed E-state index contributed by atoms with van der Waals surface area (Å²) in [6, 6.07) is 1.54. The third-order valence-corrected chi connectivity index (χ3v) is 6.73. The number of nitrogens with zero attached hydrogens (tertiary/aromatic N) is 1. The summed E-state index contributed by atoms with van der Waals surface area (Å²) in [6.07, 6.45) is 0. The first-order chi connectivity index (χ1) is 8.82. The van der Waals surface area contributed by atoms with E-state index in [0.717, 1.165) is 6.07 Å². The van der Waals surface area contributed by atoms with Crippen LogP contribution in [-0.2, 0) is 10.0 Å². The van der Waals surface area contributed by atoms with Crippen molar-refractivity contribution in [1.29, 1.82) is 0 Å². The molecule has 0 spiro atoms. The molecule has 106 valence electrons. The second-order valence-corrected chi connectivity index (χ2v) is 8.52. The van der Waals surface area contributed by atoms with Crippen LogP contribution in [0, 0.1) is 11.6 Å². The summed E-state index contributed by atoms with van der Waals surface area (Å²) in [5.74, 6) is -1.22. The van der Waals surface area contributed by atoms with Crippen molar-refractivity contribution >= 4 is 37.7 Å². The lowest BCUT2D eigenvalue weighted by Gasteiger charge is -2.30. The zero-order valence-corrected chi connectivity index (χ0v) is 13.3. The minimum atomic E-state index is -3.94. The highest BCUT2D eigenvalue weighted by Gasteiger charge is 2.33. The highest BCUT2D eigenvalue weighted by atomic mass is 79.9. The Morgan fingerprint density at radius 3 is 2.68 bits per heavy atom. The van der Waals surface area contributed by atoms with E-state index in [1.165, 1.54) is 4.31 Å². The first-order valence-corrected chi connectivity index (χ1v) is 8.87. The van der Waals surface area contributed by atoms with Gasteiger partial charge in [-0.2, -0.15) is 16.1 Å². The number of thioether (sulfide) groups is 1. The maximum atomic E-state index is 13.8. The van der Waals surface area contributed by atoms with Gasteiger partial charge in [0.25, 0.3) is 0 Å². The molecule has 1 atom stereocenters. The quantitative estimate of drug-likeness (QED) is 0.801. The first-order valence-electron chi connectivity index (χ1n) is 5.58. The van der Waals surface area contributed by atoms with Crippen LogP contribution in [0.15, 0.2) is 21.5 Å². The molecule has 1 aromatic carbocycles. The van der Waals surface area contributed by atoms with Crippen LogP contribution in [-0.4, -0.2) is 36.8 Å². The van der Waals surface area contributed by atoms with E-state index in [-0.39, 0.29) is 9.72 Å². The maximum absolute atomic E-state index is 13.8. The fraction of sp³-hybridized carbons (Fsp3) is 0.455. The Labute approximate surface area is 123 Å². The summed E-state index contributed by atoms with van der Waals surface area (Å²) < 4.78 is 52.8. The number of rotatable bonds is 2. The monoisotopic (exact) mass is 371 g/mol. The molecule has 1 saturated heterocycles. The van der Waals surface area contributed by atoms with Gasteiger partial charge in [-0.1, -0.05) is 6.92 Å². The van der Waals surface area contributed by atoms with Crippen LogP contribution in [0.4, 0.5) is 8.78 Å². The van der Waals surface area contributed by atoms with E-state index in [9.17, 15) is 17.2 Å². The molecule has 1 fully saturated rings. The lowest BCUT2D eigenvalue weighted by molar-refractivity contribution is 0.419. The number of sulfonamides is 1. The van der Waals surface area contributed by atoms with E-state index in [1.54, 1.807) is 11.8 Å². The second-order valence-electron chi connectivity index (χ2n) is 4.24. The van der Waals surface area contributed by atoms with E-state index in [0.29, 0.717) is 24.9 Å². The standard InChI is InChI=1S/C11H12BrF2NO2S2/c1-7-6-15(2-3-18-7)19(16,17)11-9(12)4-8(13)5-10(11)14/h4-5,7H,2-3,6H2,1H3. The third kappa shape index (κ3) is 3.12. The number of benzene rings is 1. The summed E-state index contributed by atoms with van der Waals surface area (Å²) in [5.41, 5.74) is 0. The van der Waals surface area contributed by atoms with Crippen LogP contribution in [0.2, 0.25) is 0 Å². The smallest absolute Gasteiger partial charge is 0.207 e. The number of hydrogen-bond acceptors (Lipinski definition) is 3. The first kappa shape index (κ1) is 15.2. The van der Waals surface area contributed by atoms with Crippen LogP contribution in [0.1, 0.15) is 6.92 Å². The highest BCUT2D eigenvalue weighted by molar-refractivity contribution is 9.10. The predicted molar refractivity (Wildman–Crippen MR) is 74.7 cm³/mol. The molecule has 1 aromatic rings. The zero-order chi connectivity index (χ0) is 14.2. The van der Waals surface area contributed by atoms with Crippen molar-refractivity contribution in [2.24, 2.45) is 0 Å². The Kier molecular flexibility index (Phi) is 4.54. The van der Waals surface area contributed by atoms with Gasteiger partial charge in [-0.25, -0.2) is 17.2 Å². The number of hydrogen-bond donors (Lipinski definition) is 0. The molecule has 19 heavy (non-hydrogen) atoms. The SMILES string of the molecule is CC1CN(S(=O)(=O)c2c(F)cc(F)cc2Br)CCS1. The van der Waals surface area contributed by atoms with Crippen molar-refractivity contribution in [3.63, 3.8) is 0 Å². The van der Waals surface area contributed by atoms with E-state index in [2.05, 4.69) is 15.9 Å². The van der Waals surface area contributed by atoms with Gasteiger partial charge < -0.3 is 0 Å². The van der Waals surface area contributed by atoms with Gasteiger partial charge in [0.15, 0.2) is 0 Å². The van der Waals surface area contributed by atoms with Gasteiger partial charge in [0, 0.05) is 34.6 Å². The normalized spacial score (nSPS) is 21.6. The molecule has 0 radical (unpaired) electrons. The molecule has 0 saturated carbocycles. The molecular weight excluding hydrogens is 360 g/mol. The topological polar surface area (TPSA) is 37.4 Å². The summed E-state index contributed by atoms with van der Waals surface area (Å²) in [5, 5.41) is 0.158. The Hall–Kier alpha value is -0.180. The highest BCUT2D eigenvalue weighted by Crippen LogP contribution is 2.31. The van der Waals surface area contributed by atoms with Crippen molar-refractivity contribution in [2.75, 3.05) is 18.8 Å². The lowest BCUT2D eigenvalue weighted by Crippen LogP contribution is -2.41. The van der Waals surface area contributed by atoms with Gasteiger partial charge in [0.05, 0.1) is 0 Å². The van der Waals surface area contributed by atoms with Gasteiger partial charge in [-0.05, 0) is 22.0 Å². The molecule has 0 aromatic heterocycles. The average Bonchev–Trinajstić information content (AvgIpc) is 2.26. The molecule has 1 unspecified atom stereocenters. The van der Waals surface area contributed by atoms with Gasteiger partial charge in [-0.3, -0.25) is 0 Å². The van der Waals surface area contributed by atoms with Crippen LogP contribution >= 0.6 is 27.7 Å². The Morgan fingerprint density at radius 2 is 2.11 bits per heavy atom. The summed E-state index contributed by atoms with van der Waals surface area (Å²) >= 11 is 4.60. The van der Waals surface area contributed by atoms with Gasteiger partial charge in [0.1, 0.15) is 16.5 Å². The molecule has 1 heterocycles. The molecule has 3 nitrogen and oxygen atoms in total. The van der Waals surface area contributed by atoms with E-state index >= 15 is 0 Å². The van der Waals surface area contributed by atoms with Crippen molar-refractivity contribution in [3.05, 3.63) is 28.2 Å². The molecule has 1 aliphatic rings. The van der Waals surface area contributed by atoms with Crippen molar-refractivity contribution < 1.29 is 17.2 Å². The summed E-state index contributed by atoms with van der Waals surface area (Å²) in [4.78, 5) is -0.493. The molecule has 2 rings (SSSR count). The zero-order valence-electron chi connectivity index (χ0n) is 10.1. The van der Waals surface area contributed by atoms with Crippen LogP contribution < -0.4 is 0 Å². The second kappa shape index (κ2) is 5.67. The van der Waals surface area contributed by atoms with Crippen LogP contribution in [0.5, 0.6) is 0 Å². The Bertz CT molecular complexity index is 571. The van der Waals surface area contributed by atoms with E-state index in [4.69, 9.17) is 0 Å². The number of halogens is 3. The van der Waals surface area contributed by atoms with Crippen LogP contribution in [0.3, 0.4) is 0 Å². The van der Waals surface area contributed by atoms with E-state index in [1.807, 2.05) is 6.92 Å². The minimum absolute atomic E-state index is 0.0871. The molecule has 8 heteroatoms. The Balaban J connectivity index is 2.45. The largest absolute Gasteiger partial charge is 0.247 e. The summed E-state index contributed by atoms with van der Waals surface area (Å²) in [6.45, 7) is 2.58. The molecule has 0 amide bonds. The molecule has 0 bridgehead atoms. The van der Waals surface area contributed by atoms with Crippen LogP contribution in [0.25, 0.3) is 0 Å². The molecule has 0 aliphatic carbocycles. The minimum Gasteiger partial charge on any atom is -0.207 e. The van der Waals surface area contributed by atoms with E-state index < -0.39 is 26.6 Å². The molecule has 0 N–H and O–H groups in total. The third-order valence-electron chi connectivity index (χ3n) is 2.76. The fourth-order valence-corrected chi connectivity index (χ4v) is 5.77. The maximum Gasteiger partial charge on any atom is 0.247 e. The Morgan fingerprint density at radius 1 is 1.42 bits per heavy atom. The molecule has 1 aliphatic heterocycles. The average molecular weight is 372 g/mol. The lowest BCUT2D eigenvalue weighted by atomic mass is 10.3. The molecular formula is C11H12BrF2NO2S2. The van der Waals surface area contributed by atoms with Crippen molar-refractivity contribution in [3.8, 4) is 0 Å². The summed E-state index contributed by atoms with van der Waals surface area (Å²) in [7, 11) is -3.94.